The Hall–Kier alpha value is -2.34. The third-order valence-electron chi connectivity index (χ3n) is 4.07. The van der Waals surface area contributed by atoms with Gasteiger partial charge in [-0.3, -0.25) is 0 Å². The van der Waals surface area contributed by atoms with Crippen LogP contribution in [0.2, 0.25) is 0 Å². The van der Waals surface area contributed by atoms with Crippen LogP contribution in [0.3, 0.4) is 0 Å². The Bertz CT molecular complexity index is 598. The summed E-state index contributed by atoms with van der Waals surface area (Å²) in [6, 6.07) is 8.30. The fraction of sp³-hybridized carbons (Fsp3) is 0.412. The molecule has 0 unspecified atom stereocenters. The molecule has 0 radical (unpaired) electrons. The summed E-state index contributed by atoms with van der Waals surface area (Å²) in [6.07, 6.45) is 6.09. The van der Waals surface area contributed by atoms with Crippen LogP contribution < -0.4 is 10.2 Å². The van der Waals surface area contributed by atoms with Crippen LogP contribution in [-0.2, 0) is 0 Å². The minimum atomic E-state index is 0.830. The molecular formula is C17H24N6. The number of piperazine rings is 1. The highest BCUT2D eigenvalue weighted by molar-refractivity contribution is 5.53. The Kier molecular flexibility index (Phi) is 4.92. The molecule has 0 saturated carbocycles. The minimum Gasteiger partial charge on any atom is -0.375 e. The summed E-state index contributed by atoms with van der Waals surface area (Å²) in [7, 11) is 4.02. The van der Waals surface area contributed by atoms with Crippen molar-refractivity contribution in [2.75, 3.05) is 51.7 Å². The van der Waals surface area contributed by atoms with Crippen LogP contribution in [0.5, 0.6) is 0 Å². The molecule has 1 aromatic carbocycles. The summed E-state index contributed by atoms with van der Waals surface area (Å²) in [6.45, 7) is 5.03. The number of nitrogens with zero attached hydrogens (tertiary/aromatic N) is 5. The number of likely N-dealkylation sites (N-methyl/N-ethyl adjacent to an activating group) is 1. The second-order valence-corrected chi connectivity index (χ2v) is 5.86. The third-order valence-corrected chi connectivity index (χ3v) is 4.07. The van der Waals surface area contributed by atoms with Crippen LogP contribution in [0.25, 0.3) is 0 Å². The van der Waals surface area contributed by atoms with Gasteiger partial charge in [-0.2, -0.15) is 0 Å². The summed E-state index contributed by atoms with van der Waals surface area (Å²) in [4.78, 5) is 6.46. The quantitative estimate of drug-likeness (QED) is 0.871. The summed E-state index contributed by atoms with van der Waals surface area (Å²) >= 11 is 0. The molecule has 0 atom stereocenters. The summed E-state index contributed by atoms with van der Waals surface area (Å²) < 4.78 is 0. The molecule has 6 nitrogen and oxygen atoms in total. The van der Waals surface area contributed by atoms with Crippen molar-refractivity contribution < 1.29 is 0 Å². The molecule has 2 aliphatic heterocycles. The maximum absolute atomic E-state index is 4.38. The van der Waals surface area contributed by atoms with Crippen LogP contribution in [0.4, 0.5) is 11.4 Å². The lowest BCUT2D eigenvalue weighted by Gasteiger charge is -2.29. The molecule has 1 fully saturated rings. The zero-order valence-corrected chi connectivity index (χ0v) is 13.8. The number of anilines is 1. The first kappa shape index (κ1) is 15.6. The largest absolute Gasteiger partial charge is 0.375 e. The van der Waals surface area contributed by atoms with Gasteiger partial charge in [-0.05, 0) is 30.3 Å². The second kappa shape index (κ2) is 7.28. The van der Waals surface area contributed by atoms with Crippen LogP contribution >= 0.6 is 0 Å². The molecule has 122 valence electrons. The molecule has 1 aromatic rings. The van der Waals surface area contributed by atoms with E-state index >= 15 is 0 Å². The van der Waals surface area contributed by atoms with E-state index in [4.69, 9.17) is 0 Å². The molecule has 6 heteroatoms. The van der Waals surface area contributed by atoms with E-state index in [1.807, 2.05) is 43.5 Å². The van der Waals surface area contributed by atoms with Gasteiger partial charge in [0.25, 0.3) is 0 Å². The van der Waals surface area contributed by atoms with Crippen molar-refractivity contribution in [3.8, 4) is 0 Å². The van der Waals surface area contributed by atoms with Gasteiger partial charge in [0.05, 0.1) is 5.69 Å². The van der Waals surface area contributed by atoms with Crippen LogP contribution in [0, 0.1) is 0 Å². The van der Waals surface area contributed by atoms with Crippen molar-refractivity contribution in [2.24, 2.45) is 10.2 Å². The van der Waals surface area contributed by atoms with E-state index in [9.17, 15) is 0 Å². The summed E-state index contributed by atoms with van der Waals surface area (Å²) in [5, 5.41) is 12.1. The lowest BCUT2D eigenvalue weighted by atomic mass is 10.2. The van der Waals surface area contributed by atoms with E-state index in [1.165, 1.54) is 5.69 Å². The molecule has 0 spiro atoms. The fourth-order valence-corrected chi connectivity index (χ4v) is 2.59. The van der Waals surface area contributed by atoms with Gasteiger partial charge in [0.15, 0.2) is 5.82 Å². The van der Waals surface area contributed by atoms with Gasteiger partial charge in [-0.1, -0.05) is 0 Å². The first-order valence-electron chi connectivity index (χ1n) is 8.01. The highest BCUT2D eigenvalue weighted by Crippen LogP contribution is 2.21. The number of hydrogen-bond acceptors (Lipinski definition) is 6. The van der Waals surface area contributed by atoms with E-state index in [1.54, 1.807) is 0 Å². The first-order chi connectivity index (χ1) is 11.2. The van der Waals surface area contributed by atoms with Crippen molar-refractivity contribution in [1.29, 1.82) is 0 Å². The monoisotopic (exact) mass is 312 g/mol. The summed E-state index contributed by atoms with van der Waals surface area (Å²) in [5.74, 6) is 0.858. The molecule has 0 aromatic heterocycles. The molecule has 2 heterocycles. The zero-order chi connectivity index (χ0) is 16.1. The van der Waals surface area contributed by atoms with Crippen LogP contribution in [0.1, 0.15) is 0 Å². The molecule has 0 amide bonds. The van der Waals surface area contributed by atoms with Gasteiger partial charge in [0.1, 0.15) is 0 Å². The minimum absolute atomic E-state index is 0.830. The fourth-order valence-electron chi connectivity index (χ4n) is 2.59. The Morgan fingerprint density at radius 2 is 1.70 bits per heavy atom. The average Bonchev–Trinajstić information content (AvgIpc) is 2.76. The zero-order valence-electron chi connectivity index (χ0n) is 13.8. The first-order valence-corrected chi connectivity index (χ1v) is 8.01. The number of hydrogen-bond donors (Lipinski definition) is 1. The van der Waals surface area contributed by atoms with Crippen molar-refractivity contribution >= 4 is 11.4 Å². The van der Waals surface area contributed by atoms with Gasteiger partial charge in [-0.15, -0.1) is 10.2 Å². The van der Waals surface area contributed by atoms with Crippen LogP contribution in [-0.4, -0.2) is 56.6 Å². The molecular weight excluding hydrogens is 288 g/mol. The number of rotatable bonds is 3. The van der Waals surface area contributed by atoms with Gasteiger partial charge in [-0.25, -0.2) is 0 Å². The average molecular weight is 312 g/mol. The molecule has 3 rings (SSSR count). The number of azo groups is 1. The van der Waals surface area contributed by atoms with E-state index < -0.39 is 0 Å². The van der Waals surface area contributed by atoms with Gasteiger partial charge >= 0.3 is 0 Å². The maximum atomic E-state index is 4.38. The SMILES string of the molecule is CN1C=CN(C)C(N=Nc2ccc(N3CCNCC3)cc2)=CC1. The van der Waals surface area contributed by atoms with Crippen molar-refractivity contribution in [3.63, 3.8) is 0 Å². The molecule has 1 saturated heterocycles. The molecule has 0 aliphatic carbocycles. The standard InChI is InChI=1S/C17H24N6/c1-21-10-7-17(22(2)14-13-21)20-19-15-3-5-16(6-4-15)23-11-8-18-9-12-23/h3-7,13-14,18H,8-12H2,1-2H3. The molecule has 0 bridgehead atoms. The van der Waals surface area contributed by atoms with E-state index in [0.717, 1.165) is 44.2 Å². The van der Waals surface area contributed by atoms with Crippen molar-refractivity contribution in [1.82, 2.24) is 15.1 Å². The highest BCUT2D eigenvalue weighted by Gasteiger charge is 2.10. The van der Waals surface area contributed by atoms with Gasteiger partial charge in [0.2, 0.25) is 0 Å². The Morgan fingerprint density at radius 3 is 2.43 bits per heavy atom. The lowest BCUT2D eigenvalue weighted by molar-refractivity contribution is 0.506. The summed E-state index contributed by atoms with van der Waals surface area (Å²) in [5.41, 5.74) is 2.13. The lowest BCUT2D eigenvalue weighted by Crippen LogP contribution is -2.43. The maximum Gasteiger partial charge on any atom is 0.152 e. The second-order valence-electron chi connectivity index (χ2n) is 5.86. The smallest absolute Gasteiger partial charge is 0.152 e. The Balaban J connectivity index is 1.66. The predicted octanol–water partition coefficient (Wildman–Crippen LogP) is 2.37. The topological polar surface area (TPSA) is 46.5 Å². The van der Waals surface area contributed by atoms with E-state index in [0.29, 0.717) is 0 Å². The normalized spacial score (nSPS) is 19.2. The number of nitrogens with one attached hydrogen (secondary N) is 1. The Labute approximate surface area is 137 Å². The van der Waals surface area contributed by atoms with Gasteiger partial charge < -0.3 is 20.0 Å². The van der Waals surface area contributed by atoms with Crippen LogP contribution in [0.15, 0.2) is 58.8 Å². The van der Waals surface area contributed by atoms with Crippen molar-refractivity contribution in [3.05, 3.63) is 48.6 Å². The predicted molar refractivity (Wildman–Crippen MR) is 93.7 cm³/mol. The Morgan fingerprint density at radius 1 is 0.957 bits per heavy atom. The highest BCUT2D eigenvalue weighted by atomic mass is 15.3. The molecule has 2 aliphatic rings. The van der Waals surface area contributed by atoms with E-state index in [-0.39, 0.29) is 0 Å². The van der Waals surface area contributed by atoms with Crippen molar-refractivity contribution in [2.45, 2.75) is 0 Å². The molecule has 1 N–H and O–H groups in total. The third kappa shape index (κ3) is 4.10. The number of benzene rings is 1. The van der Waals surface area contributed by atoms with E-state index in [2.05, 4.69) is 43.6 Å². The molecule has 23 heavy (non-hydrogen) atoms. The van der Waals surface area contributed by atoms with Gasteiger partial charge in [0, 0.05) is 64.9 Å².